The van der Waals surface area contributed by atoms with Gasteiger partial charge in [-0.25, -0.2) is 0 Å². The molecule has 17 heavy (non-hydrogen) atoms. The van der Waals surface area contributed by atoms with Crippen LogP contribution in [-0.4, -0.2) is 12.3 Å². The van der Waals surface area contributed by atoms with Gasteiger partial charge in [0.25, 0.3) is 0 Å². The standard InChI is InChI=1S/C14H22ClNS/c1-4-7-17-13-6-5-12(14(15)8-13)10-16-9-11(2)3/h5-6,8,11,16H,4,7,9-10H2,1-3H3. The number of halogens is 1. The van der Waals surface area contributed by atoms with Crippen LogP contribution >= 0.6 is 23.4 Å². The molecule has 0 aliphatic rings. The maximum atomic E-state index is 6.27. The highest BCUT2D eigenvalue weighted by molar-refractivity contribution is 7.99. The van der Waals surface area contributed by atoms with Gasteiger partial charge in [-0.3, -0.25) is 0 Å². The van der Waals surface area contributed by atoms with Crippen molar-refractivity contribution in [1.29, 1.82) is 0 Å². The van der Waals surface area contributed by atoms with Gasteiger partial charge >= 0.3 is 0 Å². The van der Waals surface area contributed by atoms with Gasteiger partial charge in [0.05, 0.1) is 0 Å². The molecule has 0 saturated heterocycles. The predicted molar refractivity (Wildman–Crippen MR) is 79.0 cm³/mol. The van der Waals surface area contributed by atoms with Crippen molar-refractivity contribution >= 4 is 23.4 Å². The minimum atomic E-state index is 0.674. The quantitative estimate of drug-likeness (QED) is 0.728. The van der Waals surface area contributed by atoms with Crippen LogP contribution in [-0.2, 0) is 6.54 Å². The molecule has 1 aromatic carbocycles. The summed E-state index contributed by atoms with van der Waals surface area (Å²) in [6.07, 6.45) is 1.19. The Morgan fingerprint density at radius 3 is 2.71 bits per heavy atom. The van der Waals surface area contributed by atoms with E-state index in [-0.39, 0.29) is 0 Å². The smallest absolute Gasteiger partial charge is 0.0462 e. The van der Waals surface area contributed by atoms with Crippen LogP contribution in [0, 0.1) is 5.92 Å². The highest BCUT2D eigenvalue weighted by Crippen LogP contribution is 2.25. The van der Waals surface area contributed by atoms with Gasteiger partial charge in [-0.15, -0.1) is 11.8 Å². The first-order valence-corrected chi connectivity index (χ1v) is 7.61. The van der Waals surface area contributed by atoms with Gasteiger partial charge in [0.15, 0.2) is 0 Å². The monoisotopic (exact) mass is 271 g/mol. The van der Waals surface area contributed by atoms with E-state index in [0.29, 0.717) is 5.92 Å². The van der Waals surface area contributed by atoms with Crippen LogP contribution in [0.4, 0.5) is 0 Å². The number of hydrogen-bond acceptors (Lipinski definition) is 2. The van der Waals surface area contributed by atoms with Gasteiger partial charge in [0.2, 0.25) is 0 Å². The van der Waals surface area contributed by atoms with E-state index >= 15 is 0 Å². The molecule has 0 amide bonds. The third kappa shape index (κ3) is 5.80. The molecular formula is C14H22ClNS. The Labute approximate surface area is 114 Å². The highest BCUT2D eigenvalue weighted by Gasteiger charge is 2.02. The van der Waals surface area contributed by atoms with Crippen LogP contribution in [0.5, 0.6) is 0 Å². The van der Waals surface area contributed by atoms with Gasteiger partial charge in [-0.1, -0.05) is 38.4 Å². The van der Waals surface area contributed by atoms with Crippen molar-refractivity contribution in [3.8, 4) is 0 Å². The van der Waals surface area contributed by atoms with E-state index in [2.05, 4.69) is 44.3 Å². The van der Waals surface area contributed by atoms with E-state index in [0.717, 1.165) is 23.9 Å². The SMILES string of the molecule is CCCSc1ccc(CNCC(C)C)c(Cl)c1. The van der Waals surface area contributed by atoms with Crippen LogP contribution in [0.3, 0.4) is 0 Å². The molecule has 1 N–H and O–H groups in total. The molecule has 0 heterocycles. The largest absolute Gasteiger partial charge is 0.312 e. The summed E-state index contributed by atoms with van der Waals surface area (Å²) in [5.41, 5.74) is 1.19. The van der Waals surface area contributed by atoms with Crippen LogP contribution in [0.25, 0.3) is 0 Å². The topological polar surface area (TPSA) is 12.0 Å². The van der Waals surface area contributed by atoms with Crippen molar-refractivity contribution in [2.24, 2.45) is 5.92 Å². The van der Waals surface area contributed by atoms with Crippen molar-refractivity contribution in [1.82, 2.24) is 5.32 Å². The van der Waals surface area contributed by atoms with Gasteiger partial charge in [0.1, 0.15) is 0 Å². The van der Waals surface area contributed by atoms with Crippen molar-refractivity contribution in [3.05, 3.63) is 28.8 Å². The summed E-state index contributed by atoms with van der Waals surface area (Å²) in [4.78, 5) is 1.27. The first-order valence-electron chi connectivity index (χ1n) is 6.25. The third-order valence-electron chi connectivity index (χ3n) is 2.37. The second-order valence-corrected chi connectivity index (χ2v) is 6.20. The van der Waals surface area contributed by atoms with Crippen LogP contribution in [0.15, 0.2) is 23.1 Å². The Morgan fingerprint density at radius 1 is 1.35 bits per heavy atom. The molecule has 1 aromatic rings. The zero-order chi connectivity index (χ0) is 12.7. The molecular weight excluding hydrogens is 250 g/mol. The van der Waals surface area contributed by atoms with Crippen LogP contribution < -0.4 is 5.32 Å². The molecule has 0 bridgehead atoms. The number of thioether (sulfide) groups is 1. The van der Waals surface area contributed by atoms with Crippen molar-refractivity contribution < 1.29 is 0 Å². The number of rotatable bonds is 7. The molecule has 0 aliphatic heterocycles. The summed E-state index contributed by atoms with van der Waals surface area (Å²) in [6.45, 7) is 8.50. The van der Waals surface area contributed by atoms with Crippen molar-refractivity contribution in [2.45, 2.75) is 38.6 Å². The molecule has 0 unspecified atom stereocenters. The fraction of sp³-hybridized carbons (Fsp3) is 0.571. The molecule has 3 heteroatoms. The lowest BCUT2D eigenvalue weighted by molar-refractivity contribution is 0.552. The normalized spacial score (nSPS) is 11.1. The average Bonchev–Trinajstić information content (AvgIpc) is 2.28. The van der Waals surface area contributed by atoms with Gasteiger partial charge in [-0.05, 0) is 42.3 Å². The lowest BCUT2D eigenvalue weighted by atomic mass is 10.2. The van der Waals surface area contributed by atoms with Gasteiger partial charge in [0, 0.05) is 16.5 Å². The summed E-state index contributed by atoms with van der Waals surface area (Å²) in [5, 5.41) is 4.29. The maximum Gasteiger partial charge on any atom is 0.0462 e. The number of nitrogens with one attached hydrogen (secondary N) is 1. The van der Waals surface area contributed by atoms with E-state index in [4.69, 9.17) is 11.6 Å². The maximum absolute atomic E-state index is 6.27. The van der Waals surface area contributed by atoms with Crippen LogP contribution in [0.2, 0.25) is 5.02 Å². The lowest BCUT2D eigenvalue weighted by Gasteiger charge is -2.10. The molecule has 0 saturated carbocycles. The molecule has 0 radical (unpaired) electrons. The Hall–Kier alpha value is -0.180. The second-order valence-electron chi connectivity index (χ2n) is 4.63. The van der Waals surface area contributed by atoms with E-state index in [1.165, 1.54) is 16.9 Å². The molecule has 0 fully saturated rings. The Kier molecular flexibility index (Phi) is 7.02. The van der Waals surface area contributed by atoms with Crippen molar-refractivity contribution in [2.75, 3.05) is 12.3 Å². The lowest BCUT2D eigenvalue weighted by Crippen LogP contribution is -2.19. The Bertz CT molecular complexity index is 339. The molecule has 0 aromatic heterocycles. The second kappa shape index (κ2) is 8.02. The zero-order valence-corrected chi connectivity index (χ0v) is 12.5. The van der Waals surface area contributed by atoms with E-state index < -0.39 is 0 Å². The molecule has 96 valence electrons. The highest BCUT2D eigenvalue weighted by atomic mass is 35.5. The first-order chi connectivity index (χ1) is 8.13. The fourth-order valence-electron chi connectivity index (χ4n) is 1.48. The summed E-state index contributed by atoms with van der Waals surface area (Å²) >= 11 is 8.14. The average molecular weight is 272 g/mol. The third-order valence-corrected chi connectivity index (χ3v) is 3.92. The fourth-order valence-corrected chi connectivity index (χ4v) is 2.59. The summed E-state index contributed by atoms with van der Waals surface area (Å²) in [5.74, 6) is 1.83. The first kappa shape index (κ1) is 14.9. The van der Waals surface area contributed by atoms with Gasteiger partial charge < -0.3 is 5.32 Å². The number of hydrogen-bond donors (Lipinski definition) is 1. The van der Waals surface area contributed by atoms with Crippen molar-refractivity contribution in [3.63, 3.8) is 0 Å². The van der Waals surface area contributed by atoms with E-state index in [1.807, 2.05) is 11.8 Å². The molecule has 0 atom stereocenters. The molecule has 1 nitrogen and oxygen atoms in total. The van der Waals surface area contributed by atoms with Crippen LogP contribution in [0.1, 0.15) is 32.8 Å². The minimum Gasteiger partial charge on any atom is -0.312 e. The summed E-state index contributed by atoms with van der Waals surface area (Å²) in [6, 6.07) is 6.38. The summed E-state index contributed by atoms with van der Waals surface area (Å²) < 4.78 is 0. The zero-order valence-electron chi connectivity index (χ0n) is 10.9. The Morgan fingerprint density at radius 2 is 2.12 bits per heavy atom. The Balaban J connectivity index is 2.50. The predicted octanol–water partition coefficient (Wildman–Crippen LogP) is 4.59. The minimum absolute atomic E-state index is 0.674. The van der Waals surface area contributed by atoms with Gasteiger partial charge in [-0.2, -0.15) is 0 Å². The summed E-state index contributed by atoms with van der Waals surface area (Å²) in [7, 11) is 0. The van der Waals surface area contributed by atoms with E-state index in [1.54, 1.807) is 0 Å². The van der Waals surface area contributed by atoms with E-state index in [9.17, 15) is 0 Å². The number of benzene rings is 1. The molecule has 0 aliphatic carbocycles. The molecule has 0 spiro atoms. The molecule has 1 rings (SSSR count).